The van der Waals surface area contributed by atoms with Crippen molar-refractivity contribution in [1.29, 1.82) is 0 Å². The molecule has 32 heavy (non-hydrogen) atoms. The second kappa shape index (κ2) is 8.10. The van der Waals surface area contributed by atoms with Crippen LogP contribution in [0, 0.1) is 5.82 Å². The average Bonchev–Trinajstić information content (AvgIpc) is 3.32. The molecule has 2 aliphatic rings. The molecule has 0 aromatic heterocycles. The third-order valence-corrected chi connectivity index (χ3v) is 7.82. The zero-order valence-corrected chi connectivity index (χ0v) is 19.1. The molecule has 5 rings (SSSR count). The van der Waals surface area contributed by atoms with Gasteiger partial charge in [-0.25, -0.2) is 4.39 Å². The van der Waals surface area contributed by atoms with Crippen LogP contribution in [-0.2, 0) is 16.2 Å². The first-order valence-corrected chi connectivity index (χ1v) is 11.7. The van der Waals surface area contributed by atoms with E-state index in [2.05, 4.69) is 0 Å². The van der Waals surface area contributed by atoms with Gasteiger partial charge in [-0.2, -0.15) is 0 Å². The number of anilines is 1. The standard InChI is InChI=1S/C24H17Cl2FN2O2S/c25-17-7-5-15(6-8-17)22(30)29-11-12-32-24(29)19-13-18(27)9-10-21(19)28(23(24)31)14-16-3-1-2-4-20(16)26/h1-10,13H,11-12,14H2/t24-/m1/s1. The Kier molecular flexibility index (Phi) is 5.40. The van der Waals surface area contributed by atoms with Crippen LogP contribution in [0.4, 0.5) is 10.1 Å². The highest BCUT2D eigenvalue weighted by Gasteiger charge is 2.59. The minimum atomic E-state index is -1.32. The molecule has 8 heteroatoms. The molecule has 0 aliphatic carbocycles. The summed E-state index contributed by atoms with van der Waals surface area (Å²) in [6, 6.07) is 18.1. The molecule has 1 atom stereocenters. The number of hydrogen-bond donors (Lipinski definition) is 0. The minimum absolute atomic E-state index is 0.225. The molecule has 0 radical (unpaired) electrons. The fourth-order valence-electron chi connectivity index (χ4n) is 4.29. The van der Waals surface area contributed by atoms with Gasteiger partial charge in [0.05, 0.1) is 12.2 Å². The van der Waals surface area contributed by atoms with Gasteiger partial charge in [0.2, 0.25) is 0 Å². The maximum absolute atomic E-state index is 14.4. The van der Waals surface area contributed by atoms with E-state index < -0.39 is 10.7 Å². The number of carbonyl (C=O) groups is 2. The van der Waals surface area contributed by atoms with Crippen LogP contribution < -0.4 is 4.90 Å². The Morgan fingerprint density at radius 2 is 1.81 bits per heavy atom. The zero-order chi connectivity index (χ0) is 22.5. The topological polar surface area (TPSA) is 40.6 Å². The largest absolute Gasteiger partial charge is 0.311 e. The highest BCUT2D eigenvalue weighted by atomic mass is 35.5. The van der Waals surface area contributed by atoms with E-state index >= 15 is 0 Å². The van der Waals surface area contributed by atoms with E-state index in [1.165, 1.54) is 23.9 Å². The lowest BCUT2D eigenvalue weighted by Gasteiger charge is -2.33. The van der Waals surface area contributed by atoms with E-state index in [-0.39, 0.29) is 18.4 Å². The van der Waals surface area contributed by atoms with E-state index in [0.29, 0.717) is 39.2 Å². The summed E-state index contributed by atoms with van der Waals surface area (Å²) in [4.78, 5) is 29.2. The van der Waals surface area contributed by atoms with Crippen molar-refractivity contribution >= 4 is 52.5 Å². The van der Waals surface area contributed by atoms with Gasteiger partial charge in [-0.15, -0.1) is 11.8 Å². The monoisotopic (exact) mass is 486 g/mol. The van der Waals surface area contributed by atoms with E-state index in [1.807, 2.05) is 18.2 Å². The smallest absolute Gasteiger partial charge is 0.268 e. The molecular weight excluding hydrogens is 470 g/mol. The number of hydrogen-bond acceptors (Lipinski definition) is 3. The van der Waals surface area contributed by atoms with Crippen LogP contribution >= 0.6 is 35.0 Å². The average molecular weight is 487 g/mol. The number of amides is 2. The van der Waals surface area contributed by atoms with E-state index in [9.17, 15) is 14.0 Å². The molecule has 0 bridgehead atoms. The molecule has 2 heterocycles. The normalized spacial score (nSPS) is 19.7. The van der Waals surface area contributed by atoms with Gasteiger partial charge < -0.3 is 9.80 Å². The number of benzene rings is 3. The number of carbonyl (C=O) groups excluding carboxylic acids is 2. The predicted molar refractivity (Wildman–Crippen MR) is 126 cm³/mol. The molecule has 0 unspecified atom stereocenters. The molecule has 0 saturated carbocycles. The molecule has 3 aromatic carbocycles. The van der Waals surface area contributed by atoms with Gasteiger partial charge in [-0.1, -0.05) is 41.4 Å². The van der Waals surface area contributed by atoms with Crippen LogP contribution in [-0.4, -0.2) is 29.0 Å². The predicted octanol–water partition coefficient (Wildman–Crippen LogP) is 5.72. The lowest BCUT2D eigenvalue weighted by atomic mass is 10.0. The third kappa shape index (κ3) is 3.29. The van der Waals surface area contributed by atoms with Gasteiger partial charge in [-0.05, 0) is 54.1 Å². The van der Waals surface area contributed by atoms with Crippen molar-refractivity contribution in [3.63, 3.8) is 0 Å². The fourth-order valence-corrected chi connectivity index (χ4v) is 6.06. The lowest BCUT2D eigenvalue weighted by molar-refractivity contribution is -0.123. The summed E-state index contributed by atoms with van der Waals surface area (Å²) >= 11 is 13.7. The minimum Gasteiger partial charge on any atom is -0.311 e. The Hall–Kier alpha value is -2.54. The molecule has 4 nitrogen and oxygen atoms in total. The van der Waals surface area contributed by atoms with Gasteiger partial charge in [0, 0.05) is 33.5 Å². The number of nitrogens with zero attached hydrogens (tertiary/aromatic N) is 2. The molecule has 1 saturated heterocycles. The quantitative estimate of drug-likeness (QED) is 0.475. The highest BCUT2D eigenvalue weighted by Crippen LogP contribution is 2.55. The second-order valence-corrected chi connectivity index (χ2v) is 9.73. The van der Waals surface area contributed by atoms with Crippen LogP contribution in [0.2, 0.25) is 10.0 Å². The number of fused-ring (bicyclic) bond motifs is 2. The van der Waals surface area contributed by atoms with E-state index in [1.54, 1.807) is 46.2 Å². The Bertz CT molecular complexity index is 1240. The van der Waals surface area contributed by atoms with Crippen molar-refractivity contribution < 1.29 is 14.0 Å². The molecule has 1 fully saturated rings. The lowest BCUT2D eigenvalue weighted by Crippen LogP contribution is -2.50. The van der Waals surface area contributed by atoms with E-state index in [0.717, 1.165) is 5.56 Å². The maximum Gasteiger partial charge on any atom is 0.268 e. The third-order valence-electron chi connectivity index (χ3n) is 5.78. The summed E-state index contributed by atoms with van der Waals surface area (Å²) in [7, 11) is 0. The first-order valence-electron chi connectivity index (χ1n) is 9.99. The van der Waals surface area contributed by atoms with Gasteiger partial charge >= 0.3 is 0 Å². The van der Waals surface area contributed by atoms with Gasteiger partial charge in [-0.3, -0.25) is 9.59 Å². The highest BCUT2D eigenvalue weighted by molar-refractivity contribution is 8.01. The first kappa shape index (κ1) is 21.3. The van der Waals surface area contributed by atoms with Crippen LogP contribution in [0.5, 0.6) is 0 Å². The van der Waals surface area contributed by atoms with Crippen molar-refractivity contribution in [1.82, 2.24) is 4.90 Å². The first-order chi connectivity index (χ1) is 15.4. The number of rotatable bonds is 3. The summed E-state index contributed by atoms with van der Waals surface area (Å²) < 4.78 is 14.4. The van der Waals surface area contributed by atoms with Crippen LogP contribution in [0.1, 0.15) is 21.5 Å². The molecule has 2 aliphatic heterocycles. The van der Waals surface area contributed by atoms with Crippen molar-refractivity contribution in [2.24, 2.45) is 0 Å². The molecule has 3 aromatic rings. The summed E-state index contributed by atoms with van der Waals surface area (Å²) in [6.07, 6.45) is 0. The van der Waals surface area contributed by atoms with Crippen LogP contribution in [0.3, 0.4) is 0 Å². The molecular formula is C24H17Cl2FN2O2S. The van der Waals surface area contributed by atoms with Crippen LogP contribution in [0.25, 0.3) is 0 Å². The zero-order valence-electron chi connectivity index (χ0n) is 16.7. The second-order valence-electron chi connectivity index (χ2n) is 7.60. The molecule has 0 N–H and O–H groups in total. The van der Waals surface area contributed by atoms with Crippen molar-refractivity contribution in [3.8, 4) is 0 Å². The van der Waals surface area contributed by atoms with Gasteiger partial charge in [0.1, 0.15) is 5.82 Å². The molecule has 162 valence electrons. The number of thioether (sulfide) groups is 1. The maximum atomic E-state index is 14.4. The van der Waals surface area contributed by atoms with Gasteiger partial charge in [0.15, 0.2) is 4.87 Å². The Balaban J connectivity index is 1.60. The Labute approximate surface area is 198 Å². The van der Waals surface area contributed by atoms with Gasteiger partial charge in [0.25, 0.3) is 11.8 Å². The molecule has 1 spiro atoms. The van der Waals surface area contributed by atoms with Crippen molar-refractivity contribution in [2.45, 2.75) is 11.4 Å². The summed E-state index contributed by atoms with van der Waals surface area (Å²) in [6.45, 7) is 0.593. The van der Waals surface area contributed by atoms with E-state index in [4.69, 9.17) is 23.2 Å². The van der Waals surface area contributed by atoms with Crippen molar-refractivity contribution in [2.75, 3.05) is 17.2 Å². The summed E-state index contributed by atoms with van der Waals surface area (Å²) in [5.41, 5.74) is 2.26. The summed E-state index contributed by atoms with van der Waals surface area (Å²) in [5, 5.41) is 1.06. The Morgan fingerprint density at radius 1 is 1.06 bits per heavy atom. The SMILES string of the molecule is O=C(c1ccc(Cl)cc1)N1CCS[C@]12C(=O)N(Cc1ccccc1Cl)c1ccc(F)cc12. The van der Waals surface area contributed by atoms with Crippen LogP contribution in [0.15, 0.2) is 66.7 Å². The number of halogens is 3. The summed E-state index contributed by atoms with van der Waals surface area (Å²) in [5.74, 6) is -0.472. The van der Waals surface area contributed by atoms with Crippen molar-refractivity contribution in [3.05, 3.63) is 99.3 Å². The fraction of sp³-hybridized carbons (Fsp3) is 0.167. The molecule has 2 amide bonds. The Morgan fingerprint density at radius 3 is 2.56 bits per heavy atom.